The Bertz CT molecular complexity index is 450. The lowest BCUT2D eigenvalue weighted by atomic mass is 10.2. The Morgan fingerprint density at radius 1 is 1.37 bits per heavy atom. The number of ether oxygens (including phenoxy) is 2. The molecule has 1 heterocycles. The Hall–Kier alpha value is -1.81. The maximum absolute atomic E-state index is 12.0. The Kier molecular flexibility index (Phi) is 4.98. The molecule has 102 valence electrons. The Balaban J connectivity index is 2.03. The van der Waals surface area contributed by atoms with Gasteiger partial charge in [-0.1, -0.05) is 18.2 Å². The fourth-order valence-electron chi connectivity index (χ4n) is 1.96. The van der Waals surface area contributed by atoms with Gasteiger partial charge in [0.15, 0.2) is 0 Å². The van der Waals surface area contributed by atoms with Crippen LogP contribution in [0, 0.1) is 0 Å². The third-order valence-electron chi connectivity index (χ3n) is 2.95. The van der Waals surface area contributed by atoms with Crippen LogP contribution in [0.1, 0.15) is 12.5 Å². The van der Waals surface area contributed by atoms with Crippen LogP contribution in [0.25, 0.3) is 6.08 Å². The van der Waals surface area contributed by atoms with Gasteiger partial charge in [-0.2, -0.15) is 0 Å². The standard InChI is InChI=1S/C15H19NO3/c1-2-19-14-6-4-3-5-13(14)7-8-15(17)16-9-11-18-12-10-16/h3-8H,2,9-12H2,1H3. The van der Waals surface area contributed by atoms with Crippen molar-refractivity contribution in [1.82, 2.24) is 4.90 Å². The second-order valence-electron chi connectivity index (χ2n) is 4.24. The summed E-state index contributed by atoms with van der Waals surface area (Å²) in [7, 11) is 0. The molecule has 0 atom stereocenters. The van der Waals surface area contributed by atoms with Crippen LogP contribution in [0.4, 0.5) is 0 Å². The summed E-state index contributed by atoms with van der Waals surface area (Å²) in [6.07, 6.45) is 3.41. The van der Waals surface area contributed by atoms with Crippen LogP contribution in [-0.4, -0.2) is 43.7 Å². The SMILES string of the molecule is CCOc1ccccc1C=CC(=O)N1CCOCC1. The molecule has 4 nitrogen and oxygen atoms in total. The highest BCUT2D eigenvalue weighted by atomic mass is 16.5. The smallest absolute Gasteiger partial charge is 0.246 e. The van der Waals surface area contributed by atoms with Crippen LogP contribution < -0.4 is 4.74 Å². The van der Waals surface area contributed by atoms with E-state index in [4.69, 9.17) is 9.47 Å². The molecule has 1 aromatic rings. The van der Waals surface area contributed by atoms with E-state index >= 15 is 0 Å². The summed E-state index contributed by atoms with van der Waals surface area (Å²) < 4.78 is 10.7. The molecule has 0 radical (unpaired) electrons. The molecule has 19 heavy (non-hydrogen) atoms. The van der Waals surface area contributed by atoms with E-state index in [1.807, 2.05) is 37.3 Å². The van der Waals surface area contributed by atoms with E-state index in [9.17, 15) is 4.79 Å². The third kappa shape index (κ3) is 3.83. The highest BCUT2D eigenvalue weighted by Gasteiger charge is 2.14. The van der Waals surface area contributed by atoms with Gasteiger partial charge < -0.3 is 14.4 Å². The first-order valence-electron chi connectivity index (χ1n) is 6.58. The summed E-state index contributed by atoms with van der Waals surface area (Å²) in [5, 5.41) is 0. The molecule has 2 rings (SSSR count). The number of hydrogen-bond donors (Lipinski definition) is 0. The van der Waals surface area contributed by atoms with Gasteiger partial charge in [-0.15, -0.1) is 0 Å². The number of carbonyl (C=O) groups is 1. The normalized spacial score (nSPS) is 15.7. The lowest BCUT2D eigenvalue weighted by molar-refractivity contribution is -0.129. The Morgan fingerprint density at radius 3 is 2.84 bits per heavy atom. The summed E-state index contributed by atoms with van der Waals surface area (Å²) >= 11 is 0. The monoisotopic (exact) mass is 261 g/mol. The molecule has 1 aromatic carbocycles. The van der Waals surface area contributed by atoms with E-state index in [-0.39, 0.29) is 5.91 Å². The first-order valence-corrected chi connectivity index (χ1v) is 6.58. The summed E-state index contributed by atoms with van der Waals surface area (Å²) in [5.41, 5.74) is 0.922. The van der Waals surface area contributed by atoms with Gasteiger partial charge >= 0.3 is 0 Å². The van der Waals surface area contributed by atoms with Crippen molar-refractivity contribution in [1.29, 1.82) is 0 Å². The number of hydrogen-bond acceptors (Lipinski definition) is 3. The molecule has 1 fully saturated rings. The minimum Gasteiger partial charge on any atom is -0.493 e. The van der Waals surface area contributed by atoms with E-state index in [1.165, 1.54) is 0 Å². The van der Waals surface area contributed by atoms with Crippen LogP contribution in [-0.2, 0) is 9.53 Å². The summed E-state index contributed by atoms with van der Waals surface area (Å²) in [5.74, 6) is 0.825. The van der Waals surface area contributed by atoms with Crippen LogP contribution in [0.15, 0.2) is 30.3 Å². The third-order valence-corrected chi connectivity index (χ3v) is 2.95. The molecular weight excluding hydrogens is 242 g/mol. The Labute approximate surface area is 113 Å². The number of morpholine rings is 1. The number of para-hydroxylation sites is 1. The number of carbonyl (C=O) groups excluding carboxylic acids is 1. The molecule has 1 aliphatic heterocycles. The molecular formula is C15H19NO3. The zero-order chi connectivity index (χ0) is 13.5. The fraction of sp³-hybridized carbons (Fsp3) is 0.400. The number of rotatable bonds is 4. The van der Waals surface area contributed by atoms with Crippen molar-refractivity contribution in [2.75, 3.05) is 32.9 Å². The topological polar surface area (TPSA) is 38.8 Å². The van der Waals surface area contributed by atoms with Gasteiger partial charge in [0.05, 0.1) is 19.8 Å². The van der Waals surface area contributed by atoms with Gasteiger partial charge in [0.1, 0.15) is 5.75 Å². The van der Waals surface area contributed by atoms with Crippen LogP contribution >= 0.6 is 0 Å². The van der Waals surface area contributed by atoms with Gasteiger partial charge in [-0.25, -0.2) is 0 Å². The molecule has 1 saturated heterocycles. The summed E-state index contributed by atoms with van der Waals surface area (Å²) in [4.78, 5) is 13.8. The highest BCUT2D eigenvalue weighted by Crippen LogP contribution is 2.19. The van der Waals surface area contributed by atoms with Gasteiger partial charge in [0.2, 0.25) is 5.91 Å². The summed E-state index contributed by atoms with van der Waals surface area (Å²) in [6, 6.07) is 7.70. The Morgan fingerprint density at radius 2 is 2.11 bits per heavy atom. The first-order chi connectivity index (χ1) is 9.31. The van der Waals surface area contributed by atoms with E-state index in [1.54, 1.807) is 11.0 Å². The largest absolute Gasteiger partial charge is 0.493 e. The first kappa shape index (κ1) is 13.6. The van der Waals surface area contributed by atoms with Crippen molar-refractivity contribution < 1.29 is 14.3 Å². The fourth-order valence-corrected chi connectivity index (χ4v) is 1.96. The van der Waals surface area contributed by atoms with Crippen molar-refractivity contribution in [3.8, 4) is 5.75 Å². The summed E-state index contributed by atoms with van der Waals surface area (Å²) in [6.45, 7) is 5.12. The van der Waals surface area contributed by atoms with Crippen molar-refractivity contribution in [2.45, 2.75) is 6.92 Å². The average Bonchev–Trinajstić information content (AvgIpc) is 2.47. The van der Waals surface area contributed by atoms with Crippen molar-refractivity contribution >= 4 is 12.0 Å². The number of benzene rings is 1. The molecule has 0 saturated carbocycles. The second kappa shape index (κ2) is 6.95. The molecule has 1 aliphatic rings. The maximum Gasteiger partial charge on any atom is 0.246 e. The minimum absolute atomic E-state index is 0.0228. The molecule has 0 aliphatic carbocycles. The van der Waals surface area contributed by atoms with E-state index in [0.717, 1.165) is 11.3 Å². The van der Waals surface area contributed by atoms with E-state index < -0.39 is 0 Å². The quantitative estimate of drug-likeness (QED) is 0.778. The zero-order valence-electron chi connectivity index (χ0n) is 11.2. The predicted octanol–water partition coefficient (Wildman–Crippen LogP) is 1.96. The van der Waals surface area contributed by atoms with E-state index in [2.05, 4.69) is 0 Å². The minimum atomic E-state index is 0.0228. The predicted molar refractivity (Wildman–Crippen MR) is 74.0 cm³/mol. The van der Waals surface area contributed by atoms with E-state index in [0.29, 0.717) is 32.9 Å². The van der Waals surface area contributed by atoms with Crippen LogP contribution in [0.3, 0.4) is 0 Å². The maximum atomic E-state index is 12.0. The lowest BCUT2D eigenvalue weighted by Gasteiger charge is -2.25. The highest BCUT2D eigenvalue weighted by molar-refractivity contribution is 5.92. The number of amides is 1. The lowest BCUT2D eigenvalue weighted by Crippen LogP contribution is -2.39. The van der Waals surface area contributed by atoms with Gasteiger partial charge in [0.25, 0.3) is 0 Å². The van der Waals surface area contributed by atoms with Gasteiger partial charge in [-0.05, 0) is 19.1 Å². The van der Waals surface area contributed by atoms with Crippen molar-refractivity contribution in [3.05, 3.63) is 35.9 Å². The molecule has 0 spiro atoms. The second-order valence-corrected chi connectivity index (χ2v) is 4.24. The molecule has 0 unspecified atom stereocenters. The molecule has 1 amide bonds. The average molecular weight is 261 g/mol. The van der Waals surface area contributed by atoms with Crippen molar-refractivity contribution in [2.24, 2.45) is 0 Å². The molecule has 0 N–H and O–H groups in total. The zero-order valence-corrected chi connectivity index (χ0v) is 11.2. The molecule has 4 heteroatoms. The van der Waals surface area contributed by atoms with Crippen LogP contribution in [0.5, 0.6) is 5.75 Å². The van der Waals surface area contributed by atoms with Gasteiger partial charge in [-0.3, -0.25) is 4.79 Å². The van der Waals surface area contributed by atoms with Crippen LogP contribution in [0.2, 0.25) is 0 Å². The molecule has 0 aromatic heterocycles. The van der Waals surface area contributed by atoms with Crippen molar-refractivity contribution in [3.63, 3.8) is 0 Å². The van der Waals surface area contributed by atoms with Gasteiger partial charge in [0, 0.05) is 24.7 Å². The molecule has 0 bridgehead atoms. The number of nitrogens with zero attached hydrogens (tertiary/aromatic N) is 1.